The Balaban J connectivity index is 3.51. The molecule has 0 rings (SSSR count). The Bertz CT molecular complexity index is 154. The molecule has 0 amide bonds. The lowest BCUT2D eigenvalue weighted by molar-refractivity contribution is 0.0774. The van der Waals surface area contributed by atoms with Gasteiger partial charge in [0.1, 0.15) is 0 Å². The summed E-state index contributed by atoms with van der Waals surface area (Å²) in [5.74, 6) is 0. The molecule has 0 heterocycles. The molecule has 0 bridgehead atoms. The molecule has 1 N–H and O–H groups in total. The van der Waals surface area contributed by atoms with E-state index in [1.807, 2.05) is 6.08 Å². The zero-order valence-corrected chi connectivity index (χ0v) is 9.17. The van der Waals surface area contributed by atoms with Crippen LogP contribution in [-0.4, -0.2) is 42.7 Å². The minimum absolute atomic E-state index is 0.0562. The van der Waals surface area contributed by atoms with Crippen LogP contribution in [0.3, 0.4) is 0 Å². The fourth-order valence-electron chi connectivity index (χ4n) is 1.43. The van der Waals surface area contributed by atoms with Gasteiger partial charge in [0.25, 0.3) is 6.43 Å². The quantitative estimate of drug-likeness (QED) is 0.452. The van der Waals surface area contributed by atoms with Gasteiger partial charge in [-0.1, -0.05) is 12.5 Å². The van der Waals surface area contributed by atoms with E-state index in [1.165, 1.54) is 0 Å². The number of hydrogen-bond donors (Lipinski definition) is 1. The average molecular weight is 221 g/mol. The first-order valence-electron chi connectivity index (χ1n) is 5.43. The molecule has 0 aromatic carbocycles. The Morgan fingerprint density at radius 2 is 1.93 bits per heavy atom. The number of aliphatic hydroxyl groups is 1. The normalized spacial score (nSPS) is 11.3. The van der Waals surface area contributed by atoms with Crippen molar-refractivity contribution >= 4 is 0 Å². The summed E-state index contributed by atoms with van der Waals surface area (Å²) in [4.78, 5) is 1.61. The molecule has 4 heteroatoms. The summed E-state index contributed by atoms with van der Waals surface area (Å²) in [6, 6.07) is 0. The van der Waals surface area contributed by atoms with Gasteiger partial charge < -0.3 is 5.11 Å². The molecule has 0 aromatic heterocycles. The third-order valence-corrected chi connectivity index (χ3v) is 2.20. The maximum Gasteiger partial charge on any atom is 0.251 e. The fourth-order valence-corrected chi connectivity index (χ4v) is 1.43. The third-order valence-electron chi connectivity index (χ3n) is 2.20. The molecule has 15 heavy (non-hydrogen) atoms. The van der Waals surface area contributed by atoms with Crippen molar-refractivity contribution in [2.45, 2.75) is 32.1 Å². The van der Waals surface area contributed by atoms with Gasteiger partial charge >= 0.3 is 0 Å². The van der Waals surface area contributed by atoms with Gasteiger partial charge in [0.2, 0.25) is 0 Å². The Morgan fingerprint density at radius 3 is 2.47 bits per heavy atom. The van der Waals surface area contributed by atoms with E-state index in [9.17, 15) is 8.78 Å². The molecule has 90 valence electrons. The Morgan fingerprint density at radius 1 is 1.20 bits per heavy atom. The highest BCUT2D eigenvalue weighted by Crippen LogP contribution is 2.04. The van der Waals surface area contributed by atoms with Gasteiger partial charge in [0.05, 0.1) is 13.2 Å². The van der Waals surface area contributed by atoms with E-state index in [2.05, 4.69) is 6.58 Å². The Kier molecular flexibility index (Phi) is 9.73. The number of nitrogens with zero attached hydrogens (tertiary/aromatic N) is 1. The van der Waals surface area contributed by atoms with E-state index in [0.29, 0.717) is 13.1 Å². The van der Waals surface area contributed by atoms with Gasteiger partial charge in [-0.3, -0.25) is 4.90 Å². The average Bonchev–Trinajstić information content (AvgIpc) is 2.17. The van der Waals surface area contributed by atoms with Crippen LogP contribution in [0.5, 0.6) is 0 Å². The van der Waals surface area contributed by atoms with Crippen LogP contribution in [0.4, 0.5) is 8.78 Å². The van der Waals surface area contributed by atoms with Gasteiger partial charge in [-0.25, -0.2) is 8.78 Å². The summed E-state index contributed by atoms with van der Waals surface area (Å²) < 4.78 is 24.2. The highest BCUT2D eigenvalue weighted by molar-refractivity contribution is 4.66. The summed E-state index contributed by atoms with van der Waals surface area (Å²) in [5.41, 5.74) is 0. The second-order valence-corrected chi connectivity index (χ2v) is 3.55. The lowest BCUT2D eigenvalue weighted by atomic mass is 10.2. The van der Waals surface area contributed by atoms with Crippen LogP contribution in [-0.2, 0) is 0 Å². The van der Waals surface area contributed by atoms with Gasteiger partial charge in [-0.05, 0) is 25.8 Å². The molecule has 0 fully saturated rings. The number of allylic oxidation sites excluding steroid dienone is 1. The van der Waals surface area contributed by atoms with E-state index in [1.54, 1.807) is 4.90 Å². The lowest BCUT2D eigenvalue weighted by Gasteiger charge is -2.20. The van der Waals surface area contributed by atoms with Crippen LogP contribution in [0.1, 0.15) is 25.7 Å². The highest BCUT2D eigenvalue weighted by atomic mass is 19.3. The van der Waals surface area contributed by atoms with Crippen molar-refractivity contribution in [2.75, 3.05) is 26.2 Å². The monoisotopic (exact) mass is 221 g/mol. The fraction of sp³-hybridized carbons (Fsp3) is 0.818. The zero-order chi connectivity index (χ0) is 11.5. The maximum absolute atomic E-state index is 12.1. The SMILES string of the molecule is C=CCCCCCN(CCO)CC(F)F. The van der Waals surface area contributed by atoms with Crippen molar-refractivity contribution in [3.63, 3.8) is 0 Å². The summed E-state index contributed by atoms with van der Waals surface area (Å²) in [6.45, 7) is 4.31. The van der Waals surface area contributed by atoms with Crippen molar-refractivity contribution in [1.82, 2.24) is 4.90 Å². The molecule has 0 spiro atoms. The van der Waals surface area contributed by atoms with Crippen molar-refractivity contribution in [1.29, 1.82) is 0 Å². The standard InChI is InChI=1S/C11H21F2NO/c1-2-3-4-5-6-7-14(8-9-15)10-11(12)13/h2,11,15H,1,3-10H2. The summed E-state index contributed by atoms with van der Waals surface area (Å²) in [6.07, 6.45) is 3.52. The minimum atomic E-state index is -2.32. The molecule has 0 saturated heterocycles. The van der Waals surface area contributed by atoms with Gasteiger partial charge in [0.15, 0.2) is 0 Å². The summed E-state index contributed by atoms with van der Waals surface area (Å²) in [7, 11) is 0. The van der Waals surface area contributed by atoms with Crippen LogP contribution in [0.2, 0.25) is 0 Å². The van der Waals surface area contributed by atoms with E-state index >= 15 is 0 Å². The Labute approximate surface area is 90.6 Å². The van der Waals surface area contributed by atoms with Gasteiger partial charge in [-0.15, -0.1) is 6.58 Å². The molecule has 0 atom stereocenters. The largest absolute Gasteiger partial charge is 0.395 e. The lowest BCUT2D eigenvalue weighted by Crippen LogP contribution is -2.32. The van der Waals surface area contributed by atoms with Crippen molar-refractivity contribution in [2.24, 2.45) is 0 Å². The van der Waals surface area contributed by atoms with Gasteiger partial charge in [0, 0.05) is 6.54 Å². The molecule has 0 unspecified atom stereocenters. The molecule has 0 radical (unpaired) electrons. The molecule has 0 aromatic rings. The van der Waals surface area contributed by atoms with Crippen molar-refractivity contribution in [3.8, 4) is 0 Å². The van der Waals surface area contributed by atoms with E-state index in [0.717, 1.165) is 25.7 Å². The van der Waals surface area contributed by atoms with Crippen LogP contribution < -0.4 is 0 Å². The maximum atomic E-state index is 12.1. The second kappa shape index (κ2) is 10.1. The minimum Gasteiger partial charge on any atom is -0.395 e. The summed E-state index contributed by atoms with van der Waals surface area (Å²) >= 11 is 0. The van der Waals surface area contributed by atoms with Gasteiger partial charge in [-0.2, -0.15) is 0 Å². The predicted octanol–water partition coefficient (Wildman–Crippen LogP) is 2.29. The molecule has 2 nitrogen and oxygen atoms in total. The molecule has 0 aliphatic heterocycles. The smallest absolute Gasteiger partial charge is 0.251 e. The van der Waals surface area contributed by atoms with Crippen molar-refractivity contribution in [3.05, 3.63) is 12.7 Å². The van der Waals surface area contributed by atoms with Crippen LogP contribution in [0.15, 0.2) is 12.7 Å². The number of unbranched alkanes of at least 4 members (excludes halogenated alkanes) is 3. The number of rotatable bonds is 10. The number of alkyl halides is 2. The summed E-state index contributed by atoms with van der Waals surface area (Å²) in [5, 5.41) is 8.69. The zero-order valence-electron chi connectivity index (χ0n) is 9.17. The molecular formula is C11H21F2NO. The first-order valence-corrected chi connectivity index (χ1v) is 5.43. The first kappa shape index (κ1) is 14.5. The molecule has 0 saturated carbocycles. The van der Waals surface area contributed by atoms with Crippen molar-refractivity contribution < 1.29 is 13.9 Å². The van der Waals surface area contributed by atoms with E-state index in [4.69, 9.17) is 5.11 Å². The van der Waals surface area contributed by atoms with E-state index < -0.39 is 6.43 Å². The van der Waals surface area contributed by atoms with Crippen LogP contribution in [0.25, 0.3) is 0 Å². The third kappa shape index (κ3) is 9.82. The predicted molar refractivity (Wildman–Crippen MR) is 58.2 cm³/mol. The Hall–Kier alpha value is -0.480. The van der Waals surface area contributed by atoms with Crippen LogP contribution in [0, 0.1) is 0 Å². The topological polar surface area (TPSA) is 23.5 Å². The first-order chi connectivity index (χ1) is 7.20. The molecule has 0 aliphatic carbocycles. The number of hydrogen-bond acceptors (Lipinski definition) is 2. The number of aliphatic hydroxyl groups excluding tert-OH is 1. The molecular weight excluding hydrogens is 200 g/mol. The van der Waals surface area contributed by atoms with Crippen LogP contribution >= 0.6 is 0 Å². The molecule has 0 aliphatic rings. The van der Waals surface area contributed by atoms with E-state index in [-0.39, 0.29) is 13.2 Å². The highest BCUT2D eigenvalue weighted by Gasteiger charge is 2.10. The second-order valence-electron chi connectivity index (χ2n) is 3.55. The number of halogens is 2.